The van der Waals surface area contributed by atoms with Gasteiger partial charge in [-0.1, -0.05) is 6.42 Å². The molecule has 2 saturated heterocycles. The van der Waals surface area contributed by atoms with E-state index in [9.17, 15) is 9.59 Å². The van der Waals surface area contributed by atoms with Gasteiger partial charge in [0.15, 0.2) is 0 Å². The lowest BCUT2D eigenvalue weighted by atomic mass is 9.96. The number of likely N-dealkylation sites (tertiary alicyclic amines) is 2. The van der Waals surface area contributed by atoms with Crippen molar-refractivity contribution in [2.24, 2.45) is 0 Å². The average molecular weight is 347 g/mol. The number of aromatic nitrogens is 1. The Labute approximate surface area is 149 Å². The Hall–Kier alpha value is -1.82. The van der Waals surface area contributed by atoms with Crippen LogP contribution in [0, 0.1) is 13.8 Å². The van der Waals surface area contributed by atoms with Crippen LogP contribution in [0.2, 0.25) is 0 Å². The number of carbonyl (C=O) groups excluding carboxylic acids is 2. The Morgan fingerprint density at radius 3 is 2.60 bits per heavy atom. The van der Waals surface area contributed by atoms with E-state index in [-0.39, 0.29) is 5.91 Å². The maximum Gasteiger partial charge on any atom is 0.355 e. The topological polar surface area (TPSA) is 65.6 Å². The van der Waals surface area contributed by atoms with Crippen molar-refractivity contribution in [2.45, 2.75) is 59.0 Å². The van der Waals surface area contributed by atoms with Crippen LogP contribution in [0.5, 0.6) is 0 Å². The van der Waals surface area contributed by atoms with Crippen molar-refractivity contribution in [1.82, 2.24) is 14.8 Å². The van der Waals surface area contributed by atoms with E-state index in [1.165, 1.54) is 19.3 Å². The molecule has 6 nitrogen and oxygen atoms in total. The first kappa shape index (κ1) is 18.0. The Morgan fingerprint density at radius 1 is 1.24 bits per heavy atom. The molecule has 3 heterocycles. The van der Waals surface area contributed by atoms with Crippen molar-refractivity contribution < 1.29 is 14.3 Å². The monoisotopic (exact) mass is 347 g/mol. The molecule has 2 fully saturated rings. The normalized spacial score (nSPS) is 21.9. The molecular weight excluding hydrogens is 318 g/mol. The molecule has 0 bridgehead atoms. The van der Waals surface area contributed by atoms with Crippen molar-refractivity contribution in [1.29, 1.82) is 0 Å². The van der Waals surface area contributed by atoms with Crippen molar-refractivity contribution in [3.8, 4) is 0 Å². The summed E-state index contributed by atoms with van der Waals surface area (Å²) in [7, 11) is 0. The number of carbonyl (C=O) groups is 2. The van der Waals surface area contributed by atoms with Crippen LogP contribution in [-0.4, -0.2) is 65.0 Å². The highest BCUT2D eigenvalue weighted by Gasteiger charge is 2.39. The van der Waals surface area contributed by atoms with Gasteiger partial charge in [-0.15, -0.1) is 0 Å². The minimum atomic E-state index is -0.397. The SMILES string of the molecule is CCOC(=O)c1[nH]c(C)c(C(=O)N2CC(N3CCCCC3C)C2)c1C. The summed E-state index contributed by atoms with van der Waals surface area (Å²) >= 11 is 0. The zero-order valence-corrected chi connectivity index (χ0v) is 15.7. The van der Waals surface area contributed by atoms with Crippen LogP contribution in [0.15, 0.2) is 0 Å². The maximum atomic E-state index is 12.9. The van der Waals surface area contributed by atoms with Crippen LogP contribution < -0.4 is 0 Å². The quantitative estimate of drug-likeness (QED) is 0.850. The molecule has 138 valence electrons. The zero-order valence-electron chi connectivity index (χ0n) is 15.7. The molecule has 1 aromatic heterocycles. The number of hydrogen-bond acceptors (Lipinski definition) is 4. The van der Waals surface area contributed by atoms with Crippen molar-refractivity contribution in [3.63, 3.8) is 0 Å². The van der Waals surface area contributed by atoms with Gasteiger partial charge in [0.2, 0.25) is 0 Å². The van der Waals surface area contributed by atoms with Gasteiger partial charge in [-0.2, -0.15) is 0 Å². The number of aryl methyl sites for hydroxylation is 1. The second-order valence-corrected chi connectivity index (χ2v) is 7.29. The van der Waals surface area contributed by atoms with E-state index in [0.29, 0.717) is 35.5 Å². The number of hydrogen-bond donors (Lipinski definition) is 1. The van der Waals surface area contributed by atoms with Gasteiger partial charge in [-0.3, -0.25) is 9.69 Å². The lowest BCUT2D eigenvalue weighted by Gasteiger charge is -2.49. The Kier molecular flexibility index (Phi) is 5.18. The predicted octanol–water partition coefficient (Wildman–Crippen LogP) is 2.51. The molecule has 1 aromatic rings. The number of amides is 1. The van der Waals surface area contributed by atoms with E-state index < -0.39 is 5.97 Å². The van der Waals surface area contributed by atoms with Crippen LogP contribution in [0.3, 0.4) is 0 Å². The summed E-state index contributed by atoms with van der Waals surface area (Å²) in [5.41, 5.74) is 2.44. The van der Waals surface area contributed by atoms with Gasteiger partial charge in [0.1, 0.15) is 5.69 Å². The first-order chi connectivity index (χ1) is 11.9. The van der Waals surface area contributed by atoms with E-state index in [0.717, 1.165) is 25.3 Å². The summed E-state index contributed by atoms with van der Waals surface area (Å²) in [6.07, 6.45) is 3.82. The third kappa shape index (κ3) is 3.32. The van der Waals surface area contributed by atoms with Crippen molar-refractivity contribution >= 4 is 11.9 Å². The Morgan fingerprint density at radius 2 is 1.96 bits per heavy atom. The van der Waals surface area contributed by atoms with E-state index in [2.05, 4.69) is 16.8 Å². The molecule has 0 radical (unpaired) electrons. The van der Waals surface area contributed by atoms with Gasteiger partial charge in [0, 0.05) is 30.9 Å². The van der Waals surface area contributed by atoms with Gasteiger partial charge in [0.25, 0.3) is 5.91 Å². The number of ether oxygens (including phenoxy) is 1. The lowest BCUT2D eigenvalue weighted by molar-refractivity contribution is 0.00206. The third-order valence-electron chi connectivity index (χ3n) is 5.60. The molecule has 0 aliphatic carbocycles. The molecule has 3 rings (SSSR count). The molecule has 0 saturated carbocycles. The zero-order chi connectivity index (χ0) is 18.1. The fourth-order valence-corrected chi connectivity index (χ4v) is 4.13. The van der Waals surface area contributed by atoms with Crippen LogP contribution in [0.1, 0.15) is 65.2 Å². The number of aromatic amines is 1. The number of piperidine rings is 1. The second-order valence-electron chi connectivity index (χ2n) is 7.29. The summed E-state index contributed by atoms with van der Waals surface area (Å²) in [5.74, 6) is -0.381. The fourth-order valence-electron chi connectivity index (χ4n) is 4.13. The van der Waals surface area contributed by atoms with E-state index >= 15 is 0 Å². The largest absolute Gasteiger partial charge is 0.461 e. The number of H-pyrrole nitrogens is 1. The highest BCUT2D eigenvalue weighted by atomic mass is 16.5. The summed E-state index contributed by atoms with van der Waals surface area (Å²) in [6.45, 7) is 10.7. The Bertz CT molecular complexity index is 661. The van der Waals surface area contributed by atoms with E-state index in [4.69, 9.17) is 4.74 Å². The molecule has 0 spiro atoms. The number of nitrogens with one attached hydrogen (secondary N) is 1. The summed E-state index contributed by atoms with van der Waals surface area (Å²) < 4.78 is 5.06. The standard InChI is InChI=1S/C19H29N3O3/c1-5-25-19(24)17-13(3)16(14(4)20-17)18(23)21-10-15(11-21)22-9-7-6-8-12(22)2/h12,15,20H,5-11H2,1-4H3. The molecule has 1 atom stereocenters. The predicted molar refractivity (Wildman–Crippen MR) is 95.9 cm³/mol. The van der Waals surface area contributed by atoms with Gasteiger partial charge >= 0.3 is 5.97 Å². The van der Waals surface area contributed by atoms with E-state index in [1.54, 1.807) is 6.92 Å². The van der Waals surface area contributed by atoms with E-state index in [1.807, 2.05) is 18.7 Å². The molecule has 1 unspecified atom stereocenters. The highest BCUT2D eigenvalue weighted by molar-refractivity contribution is 6.01. The minimum absolute atomic E-state index is 0.0164. The minimum Gasteiger partial charge on any atom is -0.461 e. The van der Waals surface area contributed by atoms with Gasteiger partial charge in [-0.25, -0.2) is 4.79 Å². The first-order valence-electron chi connectivity index (χ1n) is 9.35. The molecule has 6 heteroatoms. The fraction of sp³-hybridized carbons (Fsp3) is 0.684. The molecule has 2 aliphatic heterocycles. The molecular formula is C19H29N3O3. The number of rotatable bonds is 4. The maximum absolute atomic E-state index is 12.9. The number of nitrogens with zero attached hydrogens (tertiary/aromatic N) is 2. The summed E-state index contributed by atoms with van der Waals surface area (Å²) in [5, 5.41) is 0. The molecule has 0 aromatic carbocycles. The van der Waals surface area contributed by atoms with Crippen LogP contribution >= 0.6 is 0 Å². The number of esters is 1. The van der Waals surface area contributed by atoms with Crippen molar-refractivity contribution in [3.05, 3.63) is 22.5 Å². The van der Waals surface area contributed by atoms with Crippen LogP contribution in [-0.2, 0) is 4.74 Å². The lowest BCUT2D eigenvalue weighted by Crippen LogP contribution is -2.63. The van der Waals surface area contributed by atoms with Crippen LogP contribution in [0.4, 0.5) is 0 Å². The third-order valence-corrected chi connectivity index (χ3v) is 5.60. The van der Waals surface area contributed by atoms with Crippen LogP contribution in [0.25, 0.3) is 0 Å². The first-order valence-corrected chi connectivity index (χ1v) is 9.35. The Balaban J connectivity index is 1.68. The molecule has 25 heavy (non-hydrogen) atoms. The van der Waals surface area contributed by atoms with Crippen molar-refractivity contribution in [2.75, 3.05) is 26.2 Å². The second kappa shape index (κ2) is 7.20. The molecule has 1 N–H and O–H groups in total. The van der Waals surface area contributed by atoms with Gasteiger partial charge in [-0.05, 0) is 52.6 Å². The average Bonchev–Trinajstić information content (AvgIpc) is 2.82. The van der Waals surface area contributed by atoms with Gasteiger partial charge in [0.05, 0.1) is 12.2 Å². The summed E-state index contributed by atoms with van der Waals surface area (Å²) in [4.78, 5) is 32.4. The van der Waals surface area contributed by atoms with Gasteiger partial charge < -0.3 is 14.6 Å². The highest BCUT2D eigenvalue weighted by Crippen LogP contribution is 2.27. The summed E-state index contributed by atoms with van der Waals surface area (Å²) in [6, 6.07) is 1.09. The molecule has 1 amide bonds. The molecule has 2 aliphatic rings. The smallest absolute Gasteiger partial charge is 0.355 e.